The molecule has 4 nitrogen and oxygen atoms in total. The minimum atomic E-state index is 0.728. The van der Waals surface area contributed by atoms with E-state index in [4.69, 9.17) is 0 Å². The van der Waals surface area contributed by atoms with Crippen molar-refractivity contribution in [2.75, 3.05) is 44.4 Å². The molecule has 0 spiro atoms. The van der Waals surface area contributed by atoms with E-state index in [1.54, 1.807) is 0 Å². The summed E-state index contributed by atoms with van der Waals surface area (Å²) in [5.41, 5.74) is 2.31. The van der Waals surface area contributed by atoms with Gasteiger partial charge in [0, 0.05) is 26.2 Å². The van der Waals surface area contributed by atoms with E-state index in [-0.39, 0.29) is 0 Å². The van der Waals surface area contributed by atoms with Crippen molar-refractivity contribution in [3.05, 3.63) is 18.5 Å². The largest absolute Gasteiger partial charge is 0.387 e. The lowest BCUT2D eigenvalue weighted by Crippen LogP contribution is -2.42. The second-order valence-corrected chi connectivity index (χ2v) is 4.86. The van der Waals surface area contributed by atoms with Crippen molar-refractivity contribution >= 4 is 11.4 Å². The molecule has 2 heterocycles. The molecule has 1 fully saturated rings. The van der Waals surface area contributed by atoms with Gasteiger partial charge in [0.15, 0.2) is 0 Å². The van der Waals surface area contributed by atoms with Crippen molar-refractivity contribution in [3.63, 3.8) is 0 Å². The number of nitrogens with one attached hydrogen (secondary N) is 1. The SMILES string of the molecule is CNc1cncc(N2CCC(N(C)C)CC2)c1. The van der Waals surface area contributed by atoms with Gasteiger partial charge in [-0.25, -0.2) is 0 Å². The molecule has 0 atom stereocenters. The van der Waals surface area contributed by atoms with Crippen LogP contribution in [-0.4, -0.2) is 50.2 Å². The first-order chi connectivity index (χ1) is 8.20. The first-order valence-corrected chi connectivity index (χ1v) is 6.25. The lowest BCUT2D eigenvalue weighted by molar-refractivity contribution is 0.249. The lowest BCUT2D eigenvalue weighted by Gasteiger charge is -2.36. The van der Waals surface area contributed by atoms with Crippen molar-refractivity contribution in [1.82, 2.24) is 9.88 Å². The fraction of sp³-hybridized carbons (Fsp3) is 0.615. The summed E-state index contributed by atoms with van der Waals surface area (Å²) in [6.45, 7) is 2.25. The second kappa shape index (κ2) is 5.36. The third-order valence-corrected chi connectivity index (χ3v) is 3.57. The molecule has 17 heavy (non-hydrogen) atoms. The van der Waals surface area contributed by atoms with Crippen LogP contribution in [0.1, 0.15) is 12.8 Å². The van der Waals surface area contributed by atoms with Crippen molar-refractivity contribution in [3.8, 4) is 0 Å². The van der Waals surface area contributed by atoms with Crippen molar-refractivity contribution < 1.29 is 0 Å². The molecular weight excluding hydrogens is 212 g/mol. The Balaban J connectivity index is 2.00. The number of hydrogen-bond donors (Lipinski definition) is 1. The molecule has 0 aromatic carbocycles. The number of piperidine rings is 1. The maximum Gasteiger partial charge on any atom is 0.0573 e. The number of nitrogens with zero attached hydrogens (tertiary/aromatic N) is 3. The first kappa shape index (κ1) is 12.2. The van der Waals surface area contributed by atoms with Crippen LogP contribution in [0.3, 0.4) is 0 Å². The topological polar surface area (TPSA) is 31.4 Å². The van der Waals surface area contributed by atoms with Gasteiger partial charge in [-0.2, -0.15) is 0 Å². The molecule has 1 saturated heterocycles. The van der Waals surface area contributed by atoms with Crippen molar-refractivity contribution in [2.24, 2.45) is 0 Å². The van der Waals surface area contributed by atoms with E-state index in [0.29, 0.717) is 0 Å². The Hall–Kier alpha value is -1.29. The zero-order chi connectivity index (χ0) is 12.3. The van der Waals surface area contributed by atoms with Gasteiger partial charge >= 0.3 is 0 Å². The predicted octanol–water partition coefficient (Wildman–Crippen LogP) is 1.65. The molecule has 0 amide bonds. The van der Waals surface area contributed by atoms with Gasteiger partial charge in [-0.1, -0.05) is 0 Å². The number of anilines is 2. The van der Waals surface area contributed by atoms with Gasteiger partial charge in [0.1, 0.15) is 0 Å². The van der Waals surface area contributed by atoms with E-state index in [1.165, 1.54) is 18.5 Å². The molecule has 0 bridgehead atoms. The zero-order valence-electron chi connectivity index (χ0n) is 11.0. The number of aromatic nitrogens is 1. The normalized spacial score (nSPS) is 17.5. The quantitative estimate of drug-likeness (QED) is 0.862. The van der Waals surface area contributed by atoms with Crippen molar-refractivity contribution in [2.45, 2.75) is 18.9 Å². The molecule has 1 aliphatic heterocycles. The van der Waals surface area contributed by atoms with Gasteiger partial charge in [-0.3, -0.25) is 4.98 Å². The smallest absolute Gasteiger partial charge is 0.0573 e. The molecule has 0 unspecified atom stereocenters. The molecule has 1 aliphatic rings. The molecule has 2 rings (SSSR count). The lowest BCUT2D eigenvalue weighted by atomic mass is 10.0. The predicted molar refractivity (Wildman–Crippen MR) is 72.7 cm³/mol. The van der Waals surface area contributed by atoms with E-state index in [0.717, 1.165) is 24.8 Å². The van der Waals surface area contributed by atoms with Gasteiger partial charge in [-0.05, 0) is 33.0 Å². The van der Waals surface area contributed by atoms with Crippen LogP contribution in [-0.2, 0) is 0 Å². The Kier molecular flexibility index (Phi) is 3.84. The highest BCUT2D eigenvalue weighted by Gasteiger charge is 2.20. The van der Waals surface area contributed by atoms with Crippen LogP contribution >= 0.6 is 0 Å². The summed E-state index contributed by atoms with van der Waals surface area (Å²) >= 11 is 0. The van der Waals surface area contributed by atoms with E-state index in [9.17, 15) is 0 Å². The van der Waals surface area contributed by atoms with Crippen LogP contribution in [0, 0.1) is 0 Å². The highest BCUT2D eigenvalue weighted by Crippen LogP contribution is 2.22. The summed E-state index contributed by atoms with van der Waals surface area (Å²) in [5.74, 6) is 0. The van der Waals surface area contributed by atoms with Crippen molar-refractivity contribution in [1.29, 1.82) is 0 Å². The molecule has 0 radical (unpaired) electrons. The van der Waals surface area contributed by atoms with E-state index >= 15 is 0 Å². The Morgan fingerprint density at radius 3 is 2.59 bits per heavy atom. The molecule has 94 valence electrons. The number of pyridine rings is 1. The summed E-state index contributed by atoms with van der Waals surface area (Å²) in [4.78, 5) is 9.03. The Labute approximate surface area is 104 Å². The van der Waals surface area contributed by atoms with Gasteiger partial charge in [0.25, 0.3) is 0 Å². The Morgan fingerprint density at radius 1 is 1.29 bits per heavy atom. The van der Waals surface area contributed by atoms with Crippen LogP contribution in [0.4, 0.5) is 11.4 Å². The Morgan fingerprint density at radius 2 is 2.00 bits per heavy atom. The minimum absolute atomic E-state index is 0.728. The number of rotatable bonds is 3. The molecule has 0 saturated carbocycles. The molecular formula is C13H22N4. The fourth-order valence-electron chi connectivity index (χ4n) is 2.38. The average molecular weight is 234 g/mol. The Bertz CT molecular complexity index is 356. The van der Waals surface area contributed by atoms with Gasteiger partial charge in [0.2, 0.25) is 0 Å². The molecule has 1 aromatic rings. The molecule has 4 heteroatoms. The van der Waals surface area contributed by atoms with Gasteiger partial charge < -0.3 is 15.1 Å². The van der Waals surface area contributed by atoms with E-state index < -0.39 is 0 Å². The summed E-state index contributed by atoms with van der Waals surface area (Å²) in [6, 6.07) is 2.90. The summed E-state index contributed by atoms with van der Waals surface area (Å²) in [6.07, 6.45) is 6.28. The summed E-state index contributed by atoms with van der Waals surface area (Å²) < 4.78 is 0. The highest BCUT2D eigenvalue weighted by molar-refractivity contribution is 5.55. The van der Waals surface area contributed by atoms with Crippen LogP contribution in [0.25, 0.3) is 0 Å². The number of hydrogen-bond acceptors (Lipinski definition) is 4. The minimum Gasteiger partial charge on any atom is -0.387 e. The summed E-state index contributed by atoms with van der Waals surface area (Å²) in [7, 11) is 6.27. The average Bonchev–Trinajstić information content (AvgIpc) is 2.39. The zero-order valence-corrected chi connectivity index (χ0v) is 11.0. The van der Waals surface area contributed by atoms with E-state index in [1.807, 2.05) is 19.4 Å². The molecule has 0 aliphatic carbocycles. The summed E-state index contributed by atoms with van der Waals surface area (Å²) in [5, 5.41) is 3.14. The highest BCUT2D eigenvalue weighted by atomic mass is 15.2. The third kappa shape index (κ3) is 2.88. The molecule has 1 N–H and O–H groups in total. The van der Waals surface area contributed by atoms with Crippen LogP contribution in [0.5, 0.6) is 0 Å². The third-order valence-electron chi connectivity index (χ3n) is 3.57. The molecule has 1 aromatic heterocycles. The second-order valence-electron chi connectivity index (χ2n) is 4.86. The first-order valence-electron chi connectivity index (χ1n) is 6.25. The van der Waals surface area contributed by atoms with Gasteiger partial charge in [-0.15, -0.1) is 0 Å². The van der Waals surface area contributed by atoms with Crippen LogP contribution < -0.4 is 10.2 Å². The van der Waals surface area contributed by atoms with E-state index in [2.05, 4.69) is 40.3 Å². The van der Waals surface area contributed by atoms with Gasteiger partial charge in [0.05, 0.1) is 23.8 Å². The fourth-order valence-corrected chi connectivity index (χ4v) is 2.38. The van der Waals surface area contributed by atoms with Crippen LogP contribution in [0.2, 0.25) is 0 Å². The maximum absolute atomic E-state index is 4.27. The van der Waals surface area contributed by atoms with Crippen LogP contribution in [0.15, 0.2) is 18.5 Å². The monoisotopic (exact) mass is 234 g/mol. The standard InChI is InChI=1S/C13H22N4/c1-14-11-8-13(10-15-9-11)17-6-4-12(5-7-17)16(2)3/h8-10,12,14H,4-7H2,1-3H3. The maximum atomic E-state index is 4.27.